The molecule has 3 rings (SSSR count). The van der Waals surface area contributed by atoms with Crippen molar-refractivity contribution < 1.29 is 32.9 Å². The number of allylic oxidation sites excluding steroid dienone is 3. The Morgan fingerprint density at radius 2 is 2.00 bits per heavy atom. The Morgan fingerprint density at radius 1 is 1.20 bits per heavy atom. The van der Waals surface area contributed by atoms with Crippen molar-refractivity contribution in [3.63, 3.8) is 0 Å². The highest BCUT2D eigenvalue weighted by atomic mass is 79.9. The van der Waals surface area contributed by atoms with Gasteiger partial charge in [0.05, 0.1) is 12.2 Å². The summed E-state index contributed by atoms with van der Waals surface area (Å²) in [6, 6.07) is 3.55. The van der Waals surface area contributed by atoms with Crippen LogP contribution in [0.25, 0.3) is 0 Å². The van der Waals surface area contributed by atoms with Crippen LogP contribution >= 0.6 is 15.9 Å². The van der Waals surface area contributed by atoms with Crippen molar-refractivity contribution in [3.05, 3.63) is 52.8 Å². The van der Waals surface area contributed by atoms with E-state index >= 15 is 0 Å². The molecule has 5 amide bonds. The number of carbonyl (C=O) groups is 4. The van der Waals surface area contributed by atoms with E-state index in [1.165, 1.54) is 16.7 Å². The molecule has 1 unspecified atom stereocenters. The lowest BCUT2D eigenvalue weighted by molar-refractivity contribution is -0.427. The van der Waals surface area contributed by atoms with E-state index < -0.39 is 36.1 Å². The van der Waals surface area contributed by atoms with Crippen molar-refractivity contribution in [3.8, 4) is 0 Å². The van der Waals surface area contributed by atoms with Crippen molar-refractivity contribution in [2.24, 2.45) is 5.92 Å². The highest BCUT2D eigenvalue weighted by Crippen LogP contribution is 2.22. The molecule has 35 heavy (non-hydrogen) atoms. The van der Waals surface area contributed by atoms with E-state index in [2.05, 4.69) is 26.6 Å². The normalized spacial score (nSPS) is 17.0. The van der Waals surface area contributed by atoms with Crippen molar-refractivity contribution in [2.75, 3.05) is 38.7 Å². The maximum Gasteiger partial charge on any atom is 0.501 e. The first-order chi connectivity index (χ1) is 16.8. The van der Waals surface area contributed by atoms with Crippen LogP contribution in [-0.4, -0.2) is 72.3 Å². The second-order valence-corrected chi connectivity index (χ2v) is 8.89. The molecule has 0 saturated heterocycles. The molecule has 1 aliphatic heterocycles. The fraction of sp³-hybridized carbons (Fsp3) is 0.375. The summed E-state index contributed by atoms with van der Waals surface area (Å²) >= 11 is 3.16. The van der Waals surface area contributed by atoms with Gasteiger partial charge in [0, 0.05) is 31.2 Å². The fourth-order valence-electron chi connectivity index (χ4n) is 3.74. The number of urea groups is 1. The Bertz CT molecular complexity index is 1100. The molecule has 2 N–H and O–H groups in total. The summed E-state index contributed by atoms with van der Waals surface area (Å²) in [5.74, 6) is -2.56. The van der Waals surface area contributed by atoms with Crippen molar-refractivity contribution in [2.45, 2.75) is 19.3 Å². The van der Waals surface area contributed by atoms with E-state index in [1.807, 2.05) is 0 Å². The van der Waals surface area contributed by atoms with Gasteiger partial charge in [0.15, 0.2) is 6.54 Å². The van der Waals surface area contributed by atoms with Crippen LogP contribution in [0.5, 0.6) is 0 Å². The van der Waals surface area contributed by atoms with Gasteiger partial charge >= 0.3 is 11.9 Å². The second kappa shape index (κ2) is 12.5. The highest BCUT2D eigenvalue weighted by molar-refractivity contribution is 9.10. The Hall–Kier alpha value is -3.18. The van der Waals surface area contributed by atoms with Crippen LogP contribution < -0.4 is 10.6 Å². The van der Waals surface area contributed by atoms with Crippen LogP contribution in [0.4, 0.5) is 14.9 Å². The quantitative estimate of drug-likeness (QED) is 0.326. The first kappa shape index (κ1) is 26.4. The monoisotopic (exact) mass is 549 g/mol. The summed E-state index contributed by atoms with van der Waals surface area (Å²) in [6.45, 7) is 0.650. The lowest BCUT2D eigenvalue weighted by Crippen LogP contribution is -2.55. The average Bonchev–Trinajstić information content (AvgIpc) is 2.83. The summed E-state index contributed by atoms with van der Waals surface area (Å²) in [6.07, 6.45) is 7.74. The zero-order valence-corrected chi connectivity index (χ0v) is 20.8. The number of nitrogens with zero attached hydrogens (tertiary/aromatic N) is 2. The number of benzene rings is 1. The van der Waals surface area contributed by atoms with Gasteiger partial charge in [0.2, 0.25) is 5.91 Å². The van der Waals surface area contributed by atoms with Crippen LogP contribution in [0.15, 0.2) is 47.0 Å². The van der Waals surface area contributed by atoms with Gasteiger partial charge < -0.3 is 15.4 Å². The van der Waals surface area contributed by atoms with Gasteiger partial charge in [-0.15, -0.1) is 0 Å². The number of fused-ring (bicyclic) bond motifs is 1. The zero-order valence-electron chi connectivity index (χ0n) is 19.3. The molecule has 0 spiro atoms. The molecule has 0 fully saturated rings. The topological polar surface area (TPSA) is 108 Å². The number of amides is 5. The molecule has 186 valence electrons. The van der Waals surface area contributed by atoms with Crippen molar-refractivity contribution in [1.82, 2.24) is 10.2 Å². The maximum absolute atomic E-state index is 14.1. The number of halogens is 2. The summed E-state index contributed by atoms with van der Waals surface area (Å²) in [5, 5.41) is 5.22. The molecule has 1 aliphatic carbocycles. The van der Waals surface area contributed by atoms with Crippen molar-refractivity contribution >= 4 is 51.1 Å². The zero-order chi connectivity index (χ0) is 25.4. The molecule has 1 atom stereocenters. The molecule has 1 aromatic carbocycles. The average molecular weight is 550 g/mol. The third-order valence-electron chi connectivity index (χ3n) is 5.45. The number of carbonyl (C=O) groups excluding carboxylic acids is 4. The van der Waals surface area contributed by atoms with E-state index in [9.17, 15) is 23.6 Å². The van der Waals surface area contributed by atoms with Gasteiger partial charge in [-0.2, -0.15) is 14.3 Å². The summed E-state index contributed by atoms with van der Waals surface area (Å²) in [4.78, 5) is 51.9. The Balaban J connectivity index is 1.67. The molecule has 1 heterocycles. The van der Waals surface area contributed by atoms with Gasteiger partial charge in [0.25, 0.3) is 5.91 Å². The van der Waals surface area contributed by atoms with Gasteiger partial charge in [-0.1, -0.05) is 34.2 Å². The summed E-state index contributed by atoms with van der Waals surface area (Å²) in [7, 11) is 1.58. The van der Waals surface area contributed by atoms with Crippen LogP contribution in [0, 0.1) is 11.7 Å². The van der Waals surface area contributed by atoms with Crippen LogP contribution in [-0.2, 0) is 19.1 Å². The number of rotatable bonds is 11. The lowest BCUT2D eigenvalue weighted by Gasteiger charge is -2.26. The van der Waals surface area contributed by atoms with Gasteiger partial charge in [0.1, 0.15) is 17.4 Å². The van der Waals surface area contributed by atoms with Crippen molar-refractivity contribution in [1.29, 1.82) is 0 Å². The van der Waals surface area contributed by atoms with Crippen LogP contribution in [0.2, 0.25) is 0 Å². The highest BCUT2D eigenvalue weighted by Gasteiger charge is 2.46. The standard InChI is InChI=1S/C24H26BrFN4O5/c1-35-13-5-11-27-21(31)8-4-12-29-23(33)17-6-2-3-7-20(17)30(24(29)34)15-22(32)28-19-10-9-16(25)14-18(19)26/h2-3,6-7,9-10,14,17H,4-5,8,11-13,15H2,1H3,(H-,27,28,31,32)/p+1. The predicted molar refractivity (Wildman–Crippen MR) is 130 cm³/mol. The molecular formula is C24H27BrFN4O5+. The van der Waals surface area contributed by atoms with Gasteiger partial charge in [-0.3, -0.25) is 9.59 Å². The molecule has 11 heteroatoms. The summed E-state index contributed by atoms with van der Waals surface area (Å²) < 4.78 is 20.8. The third kappa shape index (κ3) is 6.92. The maximum atomic E-state index is 14.1. The van der Waals surface area contributed by atoms with E-state index in [-0.39, 0.29) is 31.0 Å². The number of ether oxygens (including phenoxy) is 1. The fourth-order valence-corrected chi connectivity index (χ4v) is 4.07. The summed E-state index contributed by atoms with van der Waals surface area (Å²) in [5.41, 5.74) is 0.355. The van der Waals surface area contributed by atoms with Crippen LogP contribution in [0.1, 0.15) is 19.3 Å². The van der Waals surface area contributed by atoms with E-state index in [4.69, 9.17) is 4.74 Å². The molecule has 0 aromatic heterocycles. The molecular weight excluding hydrogens is 523 g/mol. The SMILES string of the molecule is COCCCNC(=O)CCCN1C(=O)C2C=CC=CC2=[N+](CC(=O)Nc2ccc(Br)cc2F)C1=O. The molecule has 0 radical (unpaired) electrons. The van der Waals surface area contributed by atoms with E-state index in [1.54, 1.807) is 37.5 Å². The number of nitrogens with one attached hydrogen (secondary N) is 2. The minimum absolute atomic E-state index is 0.0206. The first-order valence-corrected chi connectivity index (χ1v) is 12.0. The number of hydrogen-bond donors (Lipinski definition) is 2. The smallest absolute Gasteiger partial charge is 0.385 e. The van der Waals surface area contributed by atoms with Gasteiger partial charge in [-0.25, -0.2) is 9.18 Å². The van der Waals surface area contributed by atoms with Crippen LogP contribution in [0.3, 0.4) is 0 Å². The molecule has 0 saturated carbocycles. The molecule has 2 aliphatic rings. The Morgan fingerprint density at radius 3 is 2.74 bits per heavy atom. The Kier molecular flexibility index (Phi) is 9.44. The Labute approximate surface area is 210 Å². The number of hydrogen-bond acceptors (Lipinski definition) is 5. The lowest BCUT2D eigenvalue weighted by atomic mass is 9.94. The molecule has 1 aromatic rings. The van der Waals surface area contributed by atoms with E-state index in [0.717, 1.165) is 4.90 Å². The molecule has 0 bridgehead atoms. The second-order valence-electron chi connectivity index (χ2n) is 7.98. The third-order valence-corrected chi connectivity index (χ3v) is 5.94. The number of methoxy groups -OCH3 is 1. The minimum atomic E-state index is -0.724. The first-order valence-electron chi connectivity index (χ1n) is 11.2. The molecule has 9 nitrogen and oxygen atoms in total. The van der Waals surface area contributed by atoms with E-state index in [0.29, 0.717) is 29.8 Å². The van der Waals surface area contributed by atoms with Gasteiger partial charge in [-0.05, 0) is 37.1 Å². The largest absolute Gasteiger partial charge is 0.501 e. The number of imide groups is 1. The number of anilines is 1. The predicted octanol–water partition coefficient (Wildman–Crippen LogP) is 2.62. The minimum Gasteiger partial charge on any atom is -0.385 e.